The monoisotopic (exact) mass is 334 g/mol. The van der Waals surface area contributed by atoms with Crippen molar-refractivity contribution in [3.63, 3.8) is 0 Å². The molecule has 0 unspecified atom stereocenters. The van der Waals surface area contributed by atoms with Crippen molar-refractivity contribution in [2.24, 2.45) is 5.73 Å². The first-order valence-electron chi connectivity index (χ1n) is 6.90. The van der Waals surface area contributed by atoms with Gasteiger partial charge in [-0.3, -0.25) is 4.98 Å². The maximum atomic E-state index is 12.1. The van der Waals surface area contributed by atoms with Crippen LogP contribution in [-0.4, -0.2) is 23.5 Å². The Hall–Kier alpha value is -2.44. The number of carbonyl (C=O) groups is 2. The molecule has 0 aliphatic carbocycles. The van der Waals surface area contributed by atoms with Crippen molar-refractivity contribution in [2.75, 3.05) is 6.61 Å². The van der Waals surface area contributed by atoms with E-state index >= 15 is 0 Å². The Kier molecular flexibility index (Phi) is 5.67. The van der Waals surface area contributed by atoms with Gasteiger partial charge in [-0.2, -0.15) is 0 Å². The average Bonchev–Trinajstić information content (AvgIpc) is 2.57. The molecule has 2 rings (SSSR count). The molecule has 0 atom stereocenters. The van der Waals surface area contributed by atoms with Gasteiger partial charge < -0.3 is 15.2 Å². The molecule has 0 radical (unpaired) electrons. The molecule has 1 aromatic heterocycles. The molecule has 0 saturated heterocycles. The van der Waals surface area contributed by atoms with E-state index in [0.717, 1.165) is 0 Å². The second kappa shape index (κ2) is 7.71. The fourth-order valence-electron chi connectivity index (χ4n) is 1.88. The van der Waals surface area contributed by atoms with E-state index in [-0.39, 0.29) is 35.2 Å². The van der Waals surface area contributed by atoms with Gasteiger partial charge in [0.05, 0.1) is 24.1 Å². The molecule has 23 heavy (non-hydrogen) atoms. The van der Waals surface area contributed by atoms with E-state index in [4.69, 9.17) is 26.8 Å². The van der Waals surface area contributed by atoms with Crippen LogP contribution in [0.4, 0.5) is 0 Å². The lowest BCUT2D eigenvalue weighted by atomic mass is 10.2. The summed E-state index contributed by atoms with van der Waals surface area (Å²) in [5.74, 6) is -1.30. The minimum Gasteiger partial charge on any atom is -0.462 e. The van der Waals surface area contributed by atoms with Crippen LogP contribution in [0.1, 0.15) is 33.3 Å². The number of benzene rings is 1. The molecule has 0 fully saturated rings. The predicted octanol–water partition coefficient (Wildman–Crippen LogP) is 2.59. The molecule has 0 amide bonds. The summed E-state index contributed by atoms with van der Waals surface area (Å²) in [7, 11) is 0. The number of rotatable bonds is 5. The quantitative estimate of drug-likeness (QED) is 0.845. The summed E-state index contributed by atoms with van der Waals surface area (Å²) in [5, 5.41) is -0.0526. The molecule has 2 N–H and O–H groups in total. The molecule has 0 aliphatic heterocycles. The zero-order valence-corrected chi connectivity index (χ0v) is 13.2. The van der Waals surface area contributed by atoms with Crippen molar-refractivity contribution in [2.45, 2.75) is 13.5 Å². The van der Waals surface area contributed by atoms with Crippen LogP contribution in [0, 0.1) is 0 Å². The normalized spacial score (nSPS) is 10.2. The fraction of sp³-hybridized carbons (Fsp3) is 0.188. The largest absolute Gasteiger partial charge is 0.462 e. The summed E-state index contributed by atoms with van der Waals surface area (Å²) < 4.78 is 10.2. The van der Waals surface area contributed by atoms with E-state index in [2.05, 4.69) is 4.98 Å². The molecular weight excluding hydrogens is 320 g/mol. The summed E-state index contributed by atoms with van der Waals surface area (Å²) in [4.78, 5) is 28.1. The number of hydrogen-bond acceptors (Lipinski definition) is 6. The van der Waals surface area contributed by atoms with Crippen LogP contribution in [0.5, 0.6) is 5.75 Å². The number of halogens is 1. The first-order chi connectivity index (χ1) is 11.1. The standard InChI is InChI=1S/C16H15ClN2O4/c1-2-22-16(21)13-11(8-18)19-9-12(14(13)17)23-15(20)10-6-4-3-5-7-10/h3-7,9H,2,8,18H2,1H3. The second-order valence-electron chi connectivity index (χ2n) is 4.44. The third-order valence-corrected chi connectivity index (χ3v) is 3.32. The highest BCUT2D eigenvalue weighted by atomic mass is 35.5. The molecule has 7 heteroatoms. The molecule has 0 spiro atoms. The molecule has 2 aromatic rings. The maximum absolute atomic E-state index is 12.1. The average molecular weight is 335 g/mol. The summed E-state index contributed by atoms with van der Waals surface area (Å²) in [6.45, 7) is 1.84. The van der Waals surface area contributed by atoms with Crippen LogP contribution in [-0.2, 0) is 11.3 Å². The Balaban J connectivity index is 2.35. The van der Waals surface area contributed by atoms with Crippen LogP contribution < -0.4 is 10.5 Å². The lowest BCUT2D eigenvalue weighted by Gasteiger charge is -2.12. The van der Waals surface area contributed by atoms with E-state index < -0.39 is 11.9 Å². The Morgan fingerprint density at radius 2 is 1.91 bits per heavy atom. The lowest BCUT2D eigenvalue weighted by Crippen LogP contribution is -2.15. The Labute approximate surface area is 138 Å². The number of ether oxygens (including phenoxy) is 2. The molecule has 120 valence electrons. The van der Waals surface area contributed by atoms with E-state index in [1.54, 1.807) is 37.3 Å². The Morgan fingerprint density at radius 3 is 2.52 bits per heavy atom. The Morgan fingerprint density at radius 1 is 1.22 bits per heavy atom. The summed E-state index contributed by atoms with van der Waals surface area (Å²) in [5.41, 5.74) is 6.19. The van der Waals surface area contributed by atoms with E-state index in [1.165, 1.54) is 6.20 Å². The molecule has 6 nitrogen and oxygen atoms in total. The fourth-order valence-corrected chi connectivity index (χ4v) is 2.15. The highest BCUT2D eigenvalue weighted by Crippen LogP contribution is 2.30. The van der Waals surface area contributed by atoms with Gasteiger partial charge in [-0.15, -0.1) is 0 Å². The van der Waals surface area contributed by atoms with Gasteiger partial charge in [-0.1, -0.05) is 29.8 Å². The van der Waals surface area contributed by atoms with Crippen molar-refractivity contribution in [1.82, 2.24) is 4.98 Å². The Bertz CT molecular complexity index is 720. The van der Waals surface area contributed by atoms with Gasteiger partial charge in [-0.05, 0) is 19.1 Å². The highest BCUT2D eigenvalue weighted by Gasteiger charge is 2.22. The maximum Gasteiger partial charge on any atom is 0.343 e. The van der Waals surface area contributed by atoms with Crippen molar-refractivity contribution < 1.29 is 19.1 Å². The van der Waals surface area contributed by atoms with E-state index in [9.17, 15) is 9.59 Å². The second-order valence-corrected chi connectivity index (χ2v) is 4.82. The van der Waals surface area contributed by atoms with E-state index in [1.807, 2.05) is 0 Å². The van der Waals surface area contributed by atoms with Crippen LogP contribution in [0.3, 0.4) is 0 Å². The first-order valence-corrected chi connectivity index (χ1v) is 7.28. The van der Waals surface area contributed by atoms with Crippen molar-refractivity contribution in [1.29, 1.82) is 0 Å². The molecule has 0 saturated carbocycles. The smallest absolute Gasteiger partial charge is 0.343 e. The number of carbonyl (C=O) groups excluding carboxylic acids is 2. The topological polar surface area (TPSA) is 91.5 Å². The molecule has 0 bridgehead atoms. The van der Waals surface area contributed by atoms with Crippen molar-refractivity contribution in [3.05, 3.63) is 58.4 Å². The summed E-state index contributed by atoms with van der Waals surface area (Å²) in [6, 6.07) is 8.39. The van der Waals surface area contributed by atoms with Crippen molar-refractivity contribution in [3.8, 4) is 5.75 Å². The number of nitrogens with zero attached hydrogens (tertiary/aromatic N) is 1. The van der Waals surface area contributed by atoms with Gasteiger partial charge in [-0.25, -0.2) is 9.59 Å². The number of aromatic nitrogens is 1. The number of hydrogen-bond donors (Lipinski definition) is 1. The van der Waals surface area contributed by atoms with Gasteiger partial charge in [0, 0.05) is 6.54 Å². The van der Waals surface area contributed by atoms with Crippen LogP contribution >= 0.6 is 11.6 Å². The summed E-state index contributed by atoms with van der Waals surface area (Å²) in [6.07, 6.45) is 1.26. The lowest BCUT2D eigenvalue weighted by molar-refractivity contribution is 0.0522. The molecule has 1 heterocycles. The van der Waals surface area contributed by atoms with Gasteiger partial charge in [0.2, 0.25) is 0 Å². The molecule has 0 aliphatic rings. The predicted molar refractivity (Wildman–Crippen MR) is 84.5 cm³/mol. The number of nitrogens with two attached hydrogens (primary N) is 1. The first kappa shape index (κ1) is 16.9. The highest BCUT2D eigenvalue weighted by molar-refractivity contribution is 6.35. The molecular formula is C16H15ClN2O4. The summed E-state index contributed by atoms with van der Waals surface area (Å²) >= 11 is 6.18. The van der Waals surface area contributed by atoms with Gasteiger partial charge in [0.1, 0.15) is 10.6 Å². The number of pyridine rings is 1. The van der Waals surface area contributed by atoms with Gasteiger partial charge in [0.15, 0.2) is 5.75 Å². The van der Waals surface area contributed by atoms with Crippen molar-refractivity contribution >= 4 is 23.5 Å². The van der Waals surface area contributed by atoms with Gasteiger partial charge in [0.25, 0.3) is 0 Å². The van der Waals surface area contributed by atoms with Crippen LogP contribution in [0.25, 0.3) is 0 Å². The minimum absolute atomic E-state index is 0.000773. The minimum atomic E-state index is -0.664. The van der Waals surface area contributed by atoms with Gasteiger partial charge >= 0.3 is 11.9 Å². The van der Waals surface area contributed by atoms with Crippen LogP contribution in [0.2, 0.25) is 5.02 Å². The van der Waals surface area contributed by atoms with Crippen LogP contribution in [0.15, 0.2) is 36.5 Å². The zero-order chi connectivity index (χ0) is 16.8. The van der Waals surface area contributed by atoms with E-state index in [0.29, 0.717) is 5.56 Å². The SMILES string of the molecule is CCOC(=O)c1c(CN)ncc(OC(=O)c2ccccc2)c1Cl. The number of esters is 2. The third-order valence-electron chi connectivity index (χ3n) is 2.95. The zero-order valence-electron chi connectivity index (χ0n) is 12.4. The third kappa shape index (κ3) is 3.85. The molecule has 1 aromatic carbocycles.